The van der Waals surface area contributed by atoms with Crippen molar-refractivity contribution in [3.05, 3.63) is 23.7 Å². The zero-order valence-corrected chi connectivity index (χ0v) is 11.8. The minimum atomic E-state index is 0.838. The second-order valence-electron chi connectivity index (χ2n) is 5.70. The summed E-state index contributed by atoms with van der Waals surface area (Å²) in [7, 11) is 0. The summed E-state index contributed by atoms with van der Waals surface area (Å²) >= 11 is 0. The highest BCUT2D eigenvalue weighted by Crippen LogP contribution is 2.25. The molecule has 0 saturated carbocycles. The lowest BCUT2D eigenvalue weighted by Crippen LogP contribution is -2.21. The molecule has 1 fully saturated rings. The number of H-pyrrole nitrogens is 1. The Labute approximate surface area is 114 Å². The molecule has 102 valence electrons. The van der Waals surface area contributed by atoms with Gasteiger partial charge in [-0.2, -0.15) is 0 Å². The average molecular weight is 258 g/mol. The molecule has 0 aromatic carbocycles. The van der Waals surface area contributed by atoms with Crippen molar-refractivity contribution in [2.75, 3.05) is 13.1 Å². The van der Waals surface area contributed by atoms with Crippen molar-refractivity contribution in [3.8, 4) is 0 Å². The first-order chi connectivity index (χ1) is 9.28. The first-order valence-corrected chi connectivity index (χ1v) is 7.28. The maximum atomic E-state index is 4.36. The van der Waals surface area contributed by atoms with Crippen molar-refractivity contribution < 1.29 is 0 Å². The standard InChI is InChI=1S/C15H22N4/c1-3-4-12-5-6-19(8-12)9-13-11(2)7-16-15-14(13)17-10-18-15/h7,10,12H,3-6,8-9H2,1-2H3,(H,16,17,18). The van der Waals surface area contributed by atoms with E-state index in [1.165, 1.54) is 43.5 Å². The van der Waals surface area contributed by atoms with E-state index in [4.69, 9.17) is 0 Å². The van der Waals surface area contributed by atoms with Crippen molar-refractivity contribution in [3.63, 3.8) is 0 Å². The largest absolute Gasteiger partial charge is 0.343 e. The second kappa shape index (κ2) is 5.29. The van der Waals surface area contributed by atoms with Crippen LogP contribution in [0, 0.1) is 12.8 Å². The quantitative estimate of drug-likeness (QED) is 0.917. The smallest absolute Gasteiger partial charge is 0.177 e. The van der Waals surface area contributed by atoms with Crippen molar-refractivity contribution >= 4 is 11.2 Å². The normalized spacial score (nSPS) is 20.4. The van der Waals surface area contributed by atoms with Crippen LogP contribution in [0.2, 0.25) is 0 Å². The molecule has 2 aromatic heterocycles. The van der Waals surface area contributed by atoms with Crippen LogP contribution in [-0.4, -0.2) is 32.9 Å². The van der Waals surface area contributed by atoms with Crippen LogP contribution in [0.3, 0.4) is 0 Å². The van der Waals surface area contributed by atoms with Gasteiger partial charge in [-0.25, -0.2) is 9.97 Å². The third-order valence-electron chi connectivity index (χ3n) is 4.23. The SMILES string of the molecule is CCCC1CCN(Cc2c(C)cnc3nc[nH]c23)C1. The van der Waals surface area contributed by atoms with Gasteiger partial charge in [-0.15, -0.1) is 0 Å². The number of nitrogens with one attached hydrogen (secondary N) is 1. The van der Waals surface area contributed by atoms with Gasteiger partial charge in [-0.05, 0) is 43.4 Å². The van der Waals surface area contributed by atoms with Gasteiger partial charge >= 0.3 is 0 Å². The molecule has 1 saturated heterocycles. The number of hydrogen-bond acceptors (Lipinski definition) is 3. The highest BCUT2D eigenvalue weighted by atomic mass is 15.1. The predicted molar refractivity (Wildman–Crippen MR) is 76.9 cm³/mol. The van der Waals surface area contributed by atoms with Gasteiger partial charge < -0.3 is 4.98 Å². The van der Waals surface area contributed by atoms with Gasteiger partial charge in [0.05, 0.1) is 11.8 Å². The summed E-state index contributed by atoms with van der Waals surface area (Å²) in [6, 6.07) is 0. The fourth-order valence-corrected chi connectivity index (χ4v) is 3.17. The molecule has 4 heteroatoms. The van der Waals surface area contributed by atoms with Gasteiger partial charge in [0.25, 0.3) is 0 Å². The predicted octanol–water partition coefficient (Wildman–Crippen LogP) is 2.89. The van der Waals surface area contributed by atoms with Crippen molar-refractivity contribution in [1.82, 2.24) is 19.9 Å². The maximum absolute atomic E-state index is 4.36. The fourth-order valence-electron chi connectivity index (χ4n) is 3.17. The van der Waals surface area contributed by atoms with Gasteiger partial charge in [0.2, 0.25) is 0 Å². The monoisotopic (exact) mass is 258 g/mol. The highest BCUT2D eigenvalue weighted by molar-refractivity contribution is 5.75. The molecule has 1 unspecified atom stereocenters. The number of hydrogen-bond donors (Lipinski definition) is 1. The maximum Gasteiger partial charge on any atom is 0.177 e. The second-order valence-corrected chi connectivity index (χ2v) is 5.70. The number of likely N-dealkylation sites (tertiary alicyclic amines) is 1. The van der Waals surface area contributed by atoms with Crippen LogP contribution in [0.15, 0.2) is 12.5 Å². The Kier molecular flexibility index (Phi) is 3.51. The first-order valence-electron chi connectivity index (χ1n) is 7.28. The van der Waals surface area contributed by atoms with Crippen molar-refractivity contribution in [2.24, 2.45) is 5.92 Å². The number of aromatic nitrogens is 3. The lowest BCUT2D eigenvalue weighted by molar-refractivity contribution is 0.313. The lowest BCUT2D eigenvalue weighted by Gasteiger charge is -2.17. The minimum absolute atomic E-state index is 0.838. The van der Waals surface area contributed by atoms with E-state index in [1.54, 1.807) is 6.33 Å². The number of rotatable bonds is 4. The molecular formula is C15H22N4. The number of imidazole rings is 1. The van der Waals surface area contributed by atoms with E-state index in [2.05, 4.69) is 33.7 Å². The molecule has 2 aromatic rings. The van der Waals surface area contributed by atoms with E-state index in [0.29, 0.717) is 0 Å². The molecule has 19 heavy (non-hydrogen) atoms. The molecule has 1 atom stereocenters. The van der Waals surface area contributed by atoms with Gasteiger partial charge in [0.1, 0.15) is 0 Å². The van der Waals surface area contributed by atoms with E-state index in [0.717, 1.165) is 23.6 Å². The van der Waals surface area contributed by atoms with E-state index in [-0.39, 0.29) is 0 Å². The van der Waals surface area contributed by atoms with Crippen LogP contribution in [0.5, 0.6) is 0 Å². The summed E-state index contributed by atoms with van der Waals surface area (Å²) < 4.78 is 0. The average Bonchev–Trinajstić information content (AvgIpc) is 3.02. The Balaban J connectivity index is 1.78. The van der Waals surface area contributed by atoms with Crippen LogP contribution in [0.1, 0.15) is 37.3 Å². The van der Waals surface area contributed by atoms with Crippen LogP contribution in [0.4, 0.5) is 0 Å². The molecule has 0 radical (unpaired) electrons. The van der Waals surface area contributed by atoms with Crippen LogP contribution in [-0.2, 0) is 6.54 Å². The first kappa shape index (κ1) is 12.6. The molecule has 0 bridgehead atoms. The Morgan fingerprint density at radius 3 is 3.16 bits per heavy atom. The third kappa shape index (κ3) is 2.50. The van der Waals surface area contributed by atoms with Crippen LogP contribution < -0.4 is 0 Å². The number of aromatic amines is 1. The molecule has 0 spiro atoms. The third-order valence-corrected chi connectivity index (χ3v) is 4.23. The fraction of sp³-hybridized carbons (Fsp3) is 0.600. The molecule has 1 aliphatic heterocycles. The van der Waals surface area contributed by atoms with E-state index >= 15 is 0 Å². The molecule has 1 aliphatic rings. The Morgan fingerprint density at radius 2 is 2.32 bits per heavy atom. The van der Waals surface area contributed by atoms with E-state index in [9.17, 15) is 0 Å². The molecule has 0 amide bonds. The van der Waals surface area contributed by atoms with Crippen LogP contribution in [0.25, 0.3) is 11.2 Å². The molecule has 0 aliphatic carbocycles. The zero-order valence-electron chi connectivity index (χ0n) is 11.8. The highest BCUT2D eigenvalue weighted by Gasteiger charge is 2.23. The zero-order chi connectivity index (χ0) is 13.2. The van der Waals surface area contributed by atoms with Crippen molar-refractivity contribution in [1.29, 1.82) is 0 Å². The lowest BCUT2D eigenvalue weighted by atomic mass is 10.0. The molecule has 3 heterocycles. The summed E-state index contributed by atoms with van der Waals surface area (Å²) in [6.07, 6.45) is 7.70. The number of pyridine rings is 1. The summed E-state index contributed by atoms with van der Waals surface area (Å²) in [6.45, 7) is 7.91. The van der Waals surface area contributed by atoms with Crippen molar-refractivity contribution in [2.45, 2.75) is 39.7 Å². The van der Waals surface area contributed by atoms with E-state index < -0.39 is 0 Å². The number of aryl methyl sites for hydroxylation is 1. The Morgan fingerprint density at radius 1 is 1.42 bits per heavy atom. The molecule has 4 nitrogen and oxygen atoms in total. The van der Waals surface area contributed by atoms with Crippen LogP contribution >= 0.6 is 0 Å². The number of nitrogens with zero attached hydrogens (tertiary/aromatic N) is 3. The van der Waals surface area contributed by atoms with Gasteiger partial charge in [0.15, 0.2) is 5.65 Å². The summed E-state index contributed by atoms with van der Waals surface area (Å²) in [5.74, 6) is 0.893. The minimum Gasteiger partial charge on any atom is -0.343 e. The summed E-state index contributed by atoms with van der Waals surface area (Å²) in [5.41, 5.74) is 4.57. The Hall–Kier alpha value is -1.42. The van der Waals surface area contributed by atoms with Gasteiger partial charge in [-0.1, -0.05) is 13.3 Å². The summed E-state index contributed by atoms with van der Waals surface area (Å²) in [4.78, 5) is 14.4. The van der Waals surface area contributed by atoms with E-state index in [1.807, 2.05) is 6.20 Å². The molecule has 1 N–H and O–H groups in total. The topological polar surface area (TPSA) is 44.8 Å². The molecular weight excluding hydrogens is 236 g/mol. The molecule has 3 rings (SSSR count). The summed E-state index contributed by atoms with van der Waals surface area (Å²) in [5, 5.41) is 0. The van der Waals surface area contributed by atoms with Gasteiger partial charge in [0, 0.05) is 19.3 Å². The Bertz CT molecular complexity index is 560. The number of fused-ring (bicyclic) bond motifs is 1. The van der Waals surface area contributed by atoms with Gasteiger partial charge in [-0.3, -0.25) is 4.90 Å².